The zero-order valence-corrected chi connectivity index (χ0v) is 9.68. The molecule has 0 radical (unpaired) electrons. The van der Waals surface area contributed by atoms with E-state index < -0.39 is 0 Å². The van der Waals surface area contributed by atoms with Crippen molar-refractivity contribution in [2.45, 2.75) is 24.3 Å². The SMILES string of the molecule is C/C=C(\C)CC(C#N)(SC)SC. The molecule has 0 aromatic carbocycles. The minimum atomic E-state index is -0.281. The van der Waals surface area contributed by atoms with E-state index in [1.807, 2.05) is 19.4 Å². The third-order valence-corrected chi connectivity index (χ3v) is 4.62. The maximum absolute atomic E-state index is 9.00. The maximum Gasteiger partial charge on any atom is 0.151 e. The van der Waals surface area contributed by atoms with Gasteiger partial charge in [-0.25, -0.2) is 0 Å². The average molecular weight is 201 g/mol. The van der Waals surface area contributed by atoms with Crippen LogP contribution < -0.4 is 0 Å². The minimum absolute atomic E-state index is 0.281. The Bertz CT molecular complexity index is 199. The molecule has 0 saturated carbocycles. The lowest BCUT2D eigenvalue weighted by Gasteiger charge is -2.21. The zero-order valence-electron chi connectivity index (χ0n) is 8.05. The highest BCUT2D eigenvalue weighted by Gasteiger charge is 2.27. The van der Waals surface area contributed by atoms with Gasteiger partial charge in [0.1, 0.15) is 0 Å². The van der Waals surface area contributed by atoms with Crippen molar-refractivity contribution in [3.05, 3.63) is 11.6 Å². The van der Waals surface area contributed by atoms with Gasteiger partial charge < -0.3 is 0 Å². The first-order chi connectivity index (χ1) is 5.64. The van der Waals surface area contributed by atoms with Gasteiger partial charge in [0.25, 0.3) is 0 Å². The molecule has 68 valence electrons. The summed E-state index contributed by atoms with van der Waals surface area (Å²) in [4.78, 5) is 0. The predicted octanol–water partition coefficient (Wildman–Crippen LogP) is 3.29. The van der Waals surface area contributed by atoms with Gasteiger partial charge in [0.2, 0.25) is 0 Å². The number of thioether (sulfide) groups is 2. The van der Waals surface area contributed by atoms with Crippen molar-refractivity contribution < 1.29 is 0 Å². The first-order valence-corrected chi connectivity index (χ1v) is 6.22. The van der Waals surface area contributed by atoms with Crippen LogP contribution in [0.15, 0.2) is 11.6 Å². The summed E-state index contributed by atoms with van der Waals surface area (Å²) in [5, 5.41) is 9.00. The van der Waals surface area contributed by atoms with Gasteiger partial charge in [-0.15, -0.1) is 23.5 Å². The highest BCUT2D eigenvalue weighted by Crippen LogP contribution is 2.38. The van der Waals surface area contributed by atoms with Gasteiger partial charge in [0.05, 0.1) is 6.07 Å². The third-order valence-electron chi connectivity index (χ3n) is 1.83. The Morgan fingerprint density at radius 1 is 1.50 bits per heavy atom. The Morgan fingerprint density at radius 3 is 2.25 bits per heavy atom. The fraction of sp³-hybridized carbons (Fsp3) is 0.667. The third kappa shape index (κ3) is 3.12. The molecular formula is C9H15NS2. The second kappa shape index (κ2) is 5.55. The minimum Gasteiger partial charge on any atom is -0.196 e. The highest BCUT2D eigenvalue weighted by atomic mass is 32.2. The first-order valence-electron chi connectivity index (χ1n) is 3.77. The lowest BCUT2D eigenvalue weighted by Crippen LogP contribution is -2.16. The Kier molecular flexibility index (Phi) is 5.52. The van der Waals surface area contributed by atoms with Crippen LogP contribution >= 0.6 is 23.5 Å². The summed E-state index contributed by atoms with van der Waals surface area (Å²) in [5.41, 5.74) is 1.28. The van der Waals surface area contributed by atoms with E-state index in [4.69, 9.17) is 5.26 Å². The molecule has 0 unspecified atom stereocenters. The molecule has 0 rings (SSSR count). The number of nitrogens with zero attached hydrogens (tertiary/aromatic N) is 1. The van der Waals surface area contributed by atoms with Crippen molar-refractivity contribution in [2.24, 2.45) is 0 Å². The molecule has 12 heavy (non-hydrogen) atoms. The van der Waals surface area contributed by atoms with Gasteiger partial charge >= 0.3 is 0 Å². The second-order valence-electron chi connectivity index (χ2n) is 2.58. The van der Waals surface area contributed by atoms with Crippen molar-refractivity contribution in [3.8, 4) is 6.07 Å². The molecule has 0 saturated heterocycles. The lowest BCUT2D eigenvalue weighted by atomic mass is 10.1. The van der Waals surface area contributed by atoms with Crippen LogP contribution in [-0.4, -0.2) is 16.6 Å². The Labute approximate surface area is 83.6 Å². The Hall–Kier alpha value is -0.0700. The molecule has 0 bridgehead atoms. The van der Waals surface area contributed by atoms with E-state index in [-0.39, 0.29) is 4.08 Å². The van der Waals surface area contributed by atoms with Gasteiger partial charge in [0.15, 0.2) is 4.08 Å². The van der Waals surface area contributed by atoms with Crippen molar-refractivity contribution in [3.63, 3.8) is 0 Å². The molecule has 0 aromatic rings. The quantitative estimate of drug-likeness (QED) is 0.515. The molecule has 0 aliphatic carbocycles. The number of nitriles is 1. The molecule has 0 heterocycles. The average Bonchev–Trinajstić information content (AvgIpc) is 2.14. The second-order valence-corrected chi connectivity index (χ2v) is 5.05. The number of rotatable bonds is 4. The van der Waals surface area contributed by atoms with Gasteiger partial charge in [0, 0.05) is 6.42 Å². The molecule has 0 aromatic heterocycles. The largest absolute Gasteiger partial charge is 0.196 e. The number of hydrogen-bond acceptors (Lipinski definition) is 3. The van der Waals surface area contributed by atoms with Crippen LogP contribution in [0.25, 0.3) is 0 Å². The summed E-state index contributed by atoms with van der Waals surface area (Å²) in [6.07, 6.45) is 6.90. The van der Waals surface area contributed by atoms with Crippen LogP contribution in [0.4, 0.5) is 0 Å². The van der Waals surface area contributed by atoms with Crippen LogP contribution in [0.2, 0.25) is 0 Å². The smallest absolute Gasteiger partial charge is 0.151 e. The molecule has 0 fully saturated rings. The predicted molar refractivity (Wildman–Crippen MR) is 59.4 cm³/mol. The van der Waals surface area contributed by atoms with Crippen molar-refractivity contribution in [1.82, 2.24) is 0 Å². The Balaban J connectivity index is 4.44. The molecule has 0 aliphatic rings. The standard InChI is InChI=1S/C9H15NS2/c1-5-8(2)6-9(7-10,11-3)12-4/h5H,6H2,1-4H3/b8-5+. The molecular weight excluding hydrogens is 186 g/mol. The topological polar surface area (TPSA) is 23.8 Å². The van der Waals surface area contributed by atoms with Gasteiger partial charge in [-0.2, -0.15) is 5.26 Å². The summed E-state index contributed by atoms with van der Waals surface area (Å²) in [6.45, 7) is 4.08. The van der Waals surface area contributed by atoms with Crippen LogP contribution in [0.5, 0.6) is 0 Å². The van der Waals surface area contributed by atoms with Gasteiger partial charge in [-0.3, -0.25) is 0 Å². The summed E-state index contributed by atoms with van der Waals surface area (Å²) in [7, 11) is 0. The highest BCUT2D eigenvalue weighted by molar-refractivity contribution is 8.18. The monoisotopic (exact) mass is 201 g/mol. The molecule has 1 nitrogen and oxygen atoms in total. The Morgan fingerprint density at radius 2 is 2.00 bits per heavy atom. The zero-order chi connectivity index (χ0) is 9.61. The van der Waals surface area contributed by atoms with Crippen molar-refractivity contribution in [2.75, 3.05) is 12.5 Å². The summed E-state index contributed by atoms with van der Waals surface area (Å²) in [6, 6.07) is 2.37. The summed E-state index contributed by atoms with van der Waals surface area (Å²) in [5.74, 6) is 0. The molecule has 0 aliphatic heterocycles. The van der Waals surface area contributed by atoms with E-state index in [0.29, 0.717) is 0 Å². The van der Waals surface area contributed by atoms with Crippen molar-refractivity contribution >= 4 is 23.5 Å². The number of allylic oxidation sites excluding steroid dienone is 2. The lowest BCUT2D eigenvalue weighted by molar-refractivity contribution is 0.951. The van der Waals surface area contributed by atoms with Crippen molar-refractivity contribution in [1.29, 1.82) is 5.26 Å². The first kappa shape index (κ1) is 11.9. The van der Waals surface area contributed by atoms with E-state index in [2.05, 4.69) is 19.1 Å². The molecule has 3 heteroatoms. The van der Waals surface area contributed by atoms with E-state index in [9.17, 15) is 0 Å². The van der Waals surface area contributed by atoms with Gasteiger partial charge in [-0.1, -0.05) is 11.6 Å². The summed E-state index contributed by atoms with van der Waals surface area (Å²) >= 11 is 3.24. The van der Waals surface area contributed by atoms with Crippen LogP contribution in [0, 0.1) is 11.3 Å². The maximum atomic E-state index is 9.00. The fourth-order valence-electron chi connectivity index (χ4n) is 0.828. The summed E-state index contributed by atoms with van der Waals surface area (Å²) < 4.78 is -0.281. The molecule has 0 N–H and O–H groups in total. The fourth-order valence-corrected chi connectivity index (χ4v) is 2.42. The normalized spacial score (nSPS) is 12.8. The van der Waals surface area contributed by atoms with E-state index >= 15 is 0 Å². The van der Waals surface area contributed by atoms with Crippen LogP contribution in [0.1, 0.15) is 20.3 Å². The van der Waals surface area contributed by atoms with Crippen LogP contribution in [0.3, 0.4) is 0 Å². The van der Waals surface area contributed by atoms with E-state index in [1.54, 1.807) is 23.5 Å². The van der Waals surface area contributed by atoms with Crippen LogP contribution in [-0.2, 0) is 0 Å². The molecule has 0 amide bonds. The number of hydrogen-bond donors (Lipinski definition) is 0. The van der Waals surface area contributed by atoms with E-state index in [0.717, 1.165) is 6.42 Å². The molecule has 0 spiro atoms. The molecule has 0 atom stereocenters. The van der Waals surface area contributed by atoms with Gasteiger partial charge in [-0.05, 0) is 26.4 Å². The van der Waals surface area contributed by atoms with E-state index in [1.165, 1.54) is 5.57 Å².